The molecule has 21 heavy (non-hydrogen) atoms. The van der Waals surface area contributed by atoms with Crippen LogP contribution < -0.4 is 0 Å². The van der Waals surface area contributed by atoms with Crippen LogP contribution in [0.5, 0.6) is 0 Å². The fraction of sp³-hybridized carbons (Fsp3) is 0.214. The molecule has 0 radical (unpaired) electrons. The number of hydrogen-bond donors (Lipinski definition) is 0. The Kier molecular flexibility index (Phi) is 3.39. The predicted octanol–water partition coefficient (Wildman–Crippen LogP) is 2.76. The van der Waals surface area contributed by atoms with E-state index in [0.29, 0.717) is 29.2 Å². The summed E-state index contributed by atoms with van der Waals surface area (Å²) in [5, 5.41) is 0.124. The summed E-state index contributed by atoms with van der Waals surface area (Å²) < 4.78 is 1.75. The Morgan fingerprint density at radius 1 is 1.24 bits per heavy atom. The highest BCUT2D eigenvalue weighted by molar-refractivity contribution is 6.28. The van der Waals surface area contributed by atoms with Crippen LogP contribution in [0.25, 0.3) is 22.4 Å². The Morgan fingerprint density at radius 3 is 2.57 bits per heavy atom. The minimum Gasteiger partial charge on any atom is -0.306 e. The molecule has 0 amide bonds. The topological polar surface area (TPSA) is 73.6 Å². The van der Waals surface area contributed by atoms with Crippen LogP contribution in [0, 0.1) is 0 Å². The molecule has 0 fully saturated rings. The van der Waals surface area contributed by atoms with Crippen molar-refractivity contribution < 1.29 is 4.79 Å². The van der Waals surface area contributed by atoms with Gasteiger partial charge in [0.25, 0.3) is 0 Å². The van der Waals surface area contributed by atoms with Gasteiger partial charge in [0.05, 0.1) is 0 Å². The molecule has 0 saturated heterocycles. The third-order valence-corrected chi connectivity index (χ3v) is 3.32. The molecule has 0 N–H and O–H groups in total. The van der Waals surface area contributed by atoms with E-state index >= 15 is 0 Å². The minimum atomic E-state index is -0.119. The van der Waals surface area contributed by atoms with Crippen molar-refractivity contribution in [3.8, 4) is 11.3 Å². The first-order valence-electron chi connectivity index (χ1n) is 6.47. The van der Waals surface area contributed by atoms with E-state index in [1.54, 1.807) is 17.0 Å². The molecule has 0 aliphatic carbocycles. The van der Waals surface area contributed by atoms with Gasteiger partial charge in [-0.15, -0.1) is 0 Å². The number of rotatable bonds is 3. The van der Waals surface area contributed by atoms with Gasteiger partial charge in [-0.3, -0.25) is 9.78 Å². The Morgan fingerprint density at radius 2 is 1.95 bits per heavy atom. The lowest BCUT2D eigenvalue weighted by atomic mass is 10.2. The molecule has 106 valence electrons. The fourth-order valence-electron chi connectivity index (χ4n) is 2.25. The van der Waals surface area contributed by atoms with E-state index in [1.807, 2.05) is 19.1 Å². The van der Waals surface area contributed by atoms with Crippen LogP contribution in [0.3, 0.4) is 0 Å². The fourth-order valence-corrected chi connectivity index (χ4v) is 2.42. The highest BCUT2D eigenvalue weighted by Gasteiger charge is 2.19. The normalized spacial score (nSPS) is 11.0. The Hall–Kier alpha value is -2.34. The van der Waals surface area contributed by atoms with Gasteiger partial charge >= 0.3 is 0 Å². The summed E-state index contributed by atoms with van der Waals surface area (Å²) in [5.74, 6) is 0.242. The van der Waals surface area contributed by atoms with E-state index in [-0.39, 0.29) is 11.1 Å². The van der Waals surface area contributed by atoms with Crippen LogP contribution in [0.15, 0.2) is 24.5 Å². The molecule has 3 heterocycles. The second kappa shape index (κ2) is 5.21. The molecule has 0 bridgehead atoms. The van der Waals surface area contributed by atoms with Gasteiger partial charge in [0.1, 0.15) is 11.2 Å². The Bertz CT molecular complexity index is 828. The number of aromatic nitrogens is 5. The van der Waals surface area contributed by atoms with Crippen LogP contribution in [0.2, 0.25) is 5.28 Å². The van der Waals surface area contributed by atoms with Crippen molar-refractivity contribution >= 4 is 28.5 Å². The number of carbonyl (C=O) groups excluding carboxylic acids is 1. The zero-order chi connectivity index (χ0) is 15.0. The number of aryl methyl sites for hydroxylation is 1. The van der Waals surface area contributed by atoms with Gasteiger partial charge < -0.3 is 4.57 Å². The van der Waals surface area contributed by atoms with E-state index in [4.69, 9.17) is 11.6 Å². The molecule has 0 aromatic carbocycles. The first-order chi connectivity index (χ1) is 10.1. The smallest absolute Gasteiger partial charge is 0.225 e. The number of halogens is 1. The van der Waals surface area contributed by atoms with Gasteiger partial charge in [-0.2, -0.15) is 4.98 Å². The maximum Gasteiger partial charge on any atom is 0.225 e. The number of carbonyl (C=O) groups is 1. The van der Waals surface area contributed by atoms with Crippen LogP contribution in [-0.4, -0.2) is 30.3 Å². The second-order valence-electron chi connectivity index (χ2n) is 4.49. The van der Waals surface area contributed by atoms with Crippen molar-refractivity contribution in [3.05, 3.63) is 35.6 Å². The molecular weight excluding hydrogens is 290 g/mol. The average Bonchev–Trinajstić information content (AvgIpc) is 2.85. The molecule has 0 aliphatic heterocycles. The molecular formula is C14H12ClN5O. The quantitative estimate of drug-likeness (QED) is 0.549. The number of fused-ring (bicyclic) bond motifs is 1. The minimum absolute atomic E-state index is 0.119. The van der Waals surface area contributed by atoms with Crippen LogP contribution in [0.1, 0.15) is 24.5 Å². The van der Waals surface area contributed by atoms with Gasteiger partial charge in [0.2, 0.25) is 5.28 Å². The lowest BCUT2D eigenvalue weighted by Gasteiger charge is -2.04. The van der Waals surface area contributed by atoms with E-state index in [1.165, 1.54) is 6.92 Å². The maximum atomic E-state index is 11.8. The summed E-state index contributed by atoms with van der Waals surface area (Å²) in [6, 6.07) is 3.63. The monoisotopic (exact) mass is 301 g/mol. The zero-order valence-corrected chi connectivity index (χ0v) is 12.3. The van der Waals surface area contributed by atoms with Crippen molar-refractivity contribution in [3.63, 3.8) is 0 Å². The number of hydrogen-bond acceptors (Lipinski definition) is 5. The summed E-state index contributed by atoms with van der Waals surface area (Å²) in [6.07, 6.45) is 3.33. The van der Waals surface area contributed by atoms with Gasteiger partial charge in [-0.1, -0.05) is 0 Å². The number of ketones is 1. The molecule has 0 spiro atoms. The number of pyridine rings is 1. The molecule has 0 aliphatic rings. The van der Waals surface area contributed by atoms with Gasteiger partial charge in [-0.25, -0.2) is 9.97 Å². The molecule has 6 nitrogen and oxygen atoms in total. The summed E-state index contributed by atoms with van der Waals surface area (Å²) >= 11 is 6.03. The lowest BCUT2D eigenvalue weighted by Crippen LogP contribution is -2.06. The zero-order valence-electron chi connectivity index (χ0n) is 11.5. The summed E-state index contributed by atoms with van der Waals surface area (Å²) in [4.78, 5) is 28.6. The molecule has 0 atom stereocenters. The molecule has 3 rings (SSSR count). The van der Waals surface area contributed by atoms with E-state index < -0.39 is 0 Å². The first-order valence-corrected chi connectivity index (χ1v) is 6.84. The van der Waals surface area contributed by atoms with Crippen molar-refractivity contribution in [2.45, 2.75) is 20.4 Å². The van der Waals surface area contributed by atoms with E-state index in [0.717, 1.165) is 5.56 Å². The number of Topliss-reactive ketones (excluding diaryl/α,β-unsaturated/α-hetero) is 1. The highest BCUT2D eigenvalue weighted by Crippen LogP contribution is 2.27. The second-order valence-corrected chi connectivity index (χ2v) is 4.82. The molecule has 0 saturated carbocycles. The van der Waals surface area contributed by atoms with Crippen LogP contribution in [-0.2, 0) is 6.54 Å². The summed E-state index contributed by atoms with van der Waals surface area (Å²) in [5.41, 5.74) is 2.56. The molecule has 3 aromatic rings. The number of imidazole rings is 1. The van der Waals surface area contributed by atoms with Crippen LogP contribution in [0.4, 0.5) is 0 Å². The average molecular weight is 302 g/mol. The van der Waals surface area contributed by atoms with Gasteiger partial charge in [-0.05, 0) is 30.7 Å². The molecule has 3 aromatic heterocycles. The van der Waals surface area contributed by atoms with E-state index in [9.17, 15) is 4.79 Å². The largest absolute Gasteiger partial charge is 0.306 e. The first kappa shape index (κ1) is 13.6. The maximum absolute atomic E-state index is 11.8. The Balaban J connectivity index is 2.39. The third kappa shape index (κ3) is 2.27. The predicted molar refractivity (Wildman–Crippen MR) is 79.2 cm³/mol. The summed E-state index contributed by atoms with van der Waals surface area (Å²) in [6.45, 7) is 3.98. The van der Waals surface area contributed by atoms with Crippen LogP contribution >= 0.6 is 11.6 Å². The Labute approximate surface area is 125 Å². The SMILES string of the molecule is CCn1c(C(C)=O)nc2c(-c3ccncc3)nc(Cl)nc21. The third-order valence-electron chi connectivity index (χ3n) is 3.15. The standard InChI is InChI=1S/C14H12ClN5O/c1-3-20-12(8(2)21)17-11-10(9-4-6-16-7-5-9)18-14(15)19-13(11)20/h4-7H,3H2,1-2H3. The van der Waals surface area contributed by atoms with E-state index in [2.05, 4.69) is 19.9 Å². The highest BCUT2D eigenvalue weighted by atomic mass is 35.5. The van der Waals surface area contributed by atoms with Crippen molar-refractivity contribution in [2.75, 3.05) is 0 Å². The number of nitrogens with zero attached hydrogens (tertiary/aromatic N) is 5. The van der Waals surface area contributed by atoms with Gasteiger partial charge in [0.15, 0.2) is 17.3 Å². The van der Waals surface area contributed by atoms with Crippen molar-refractivity contribution in [1.29, 1.82) is 0 Å². The van der Waals surface area contributed by atoms with Gasteiger partial charge in [0, 0.05) is 31.4 Å². The summed E-state index contributed by atoms with van der Waals surface area (Å²) in [7, 11) is 0. The van der Waals surface area contributed by atoms with Crippen molar-refractivity contribution in [1.82, 2.24) is 24.5 Å². The van der Waals surface area contributed by atoms with Crippen molar-refractivity contribution in [2.24, 2.45) is 0 Å². The molecule has 0 unspecified atom stereocenters. The lowest BCUT2D eigenvalue weighted by molar-refractivity contribution is 0.1000. The molecule has 7 heteroatoms.